The van der Waals surface area contributed by atoms with Gasteiger partial charge in [0.1, 0.15) is 0 Å². The summed E-state index contributed by atoms with van der Waals surface area (Å²) in [5, 5.41) is 0. The van der Waals surface area contributed by atoms with Gasteiger partial charge in [0.05, 0.1) is 7.11 Å². The second kappa shape index (κ2) is 31.4. The van der Waals surface area contributed by atoms with E-state index in [1.165, 1.54) is 13.6 Å². The maximum atomic E-state index is 8.83. The Bertz CT molecular complexity index is 27.2. The standard InChI is InChI=1S/C2H3O2.CHO/c1-4-2-3;1-2/h1H3;1H. The van der Waals surface area contributed by atoms with Gasteiger partial charge in [-0.25, -0.2) is 4.79 Å². The monoisotopic (exact) mass is 88.0 g/mol. The van der Waals surface area contributed by atoms with Crippen LogP contribution in [-0.2, 0) is 14.3 Å². The third-order valence-corrected chi connectivity index (χ3v) is 0.0833. The van der Waals surface area contributed by atoms with E-state index < -0.39 is 0 Å². The highest BCUT2D eigenvalue weighted by molar-refractivity contribution is 5.37. The quantitative estimate of drug-likeness (QED) is 0.403. The van der Waals surface area contributed by atoms with E-state index in [2.05, 4.69) is 11.5 Å². The van der Waals surface area contributed by atoms with Gasteiger partial charge in [-0.2, -0.15) is 0 Å². The first-order chi connectivity index (χ1) is 2.91. The van der Waals surface area contributed by atoms with Crippen molar-refractivity contribution in [3.8, 4) is 0 Å². The summed E-state index contributed by atoms with van der Waals surface area (Å²) in [7, 11) is 1.26. The van der Waals surface area contributed by atoms with Crippen LogP contribution in [0.4, 0.5) is 0 Å². The fraction of sp³-hybridized carbons (Fsp3) is 0.333. The van der Waals surface area contributed by atoms with Crippen molar-refractivity contribution in [2.24, 2.45) is 0 Å². The molecule has 0 unspecified atom stereocenters. The highest BCUT2D eigenvalue weighted by Gasteiger charge is 1.50. The maximum absolute atomic E-state index is 8.83. The van der Waals surface area contributed by atoms with Crippen LogP contribution >= 0.6 is 0 Å². The Morgan fingerprint density at radius 2 is 1.83 bits per heavy atom. The Kier molecular flexibility index (Phi) is 46.8. The van der Waals surface area contributed by atoms with Crippen LogP contribution in [0.2, 0.25) is 0 Å². The first kappa shape index (κ1) is 8.94. The molecule has 0 aliphatic heterocycles. The minimum Gasteiger partial charge on any atom is -0.461 e. The fourth-order valence-electron chi connectivity index (χ4n) is 0. The predicted molar refractivity (Wildman–Crippen MR) is 19.5 cm³/mol. The van der Waals surface area contributed by atoms with Crippen LogP contribution in [0.1, 0.15) is 0 Å². The van der Waals surface area contributed by atoms with Crippen molar-refractivity contribution in [3.63, 3.8) is 0 Å². The van der Waals surface area contributed by atoms with Crippen molar-refractivity contribution in [2.45, 2.75) is 0 Å². The van der Waals surface area contributed by atoms with E-state index in [0.717, 1.165) is 0 Å². The number of rotatable bonds is 1. The molecular formula is C3H4O3. The molecule has 0 saturated heterocycles. The number of hydrogen-bond donors (Lipinski definition) is 0. The van der Waals surface area contributed by atoms with Gasteiger partial charge in [0.2, 0.25) is 0 Å². The molecule has 0 aliphatic carbocycles. The van der Waals surface area contributed by atoms with Crippen LogP contribution in [0.5, 0.6) is 0 Å². The second-order valence-corrected chi connectivity index (χ2v) is 0.287. The lowest BCUT2D eigenvalue weighted by Crippen LogP contribution is -1.68. The van der Waals surface area contributed by atoms with Crippen LogP contribution in [0, 0.1) is 0 Å². The summed E-state index contributed by atoms with van der Waals surface area (Å²) in [5.41, 5.74) is 0. The minimum absolute atomic E-state index is 1.18. The fourth-order valence-corrected chi connectivity index (χ4v) is 0. The molecule has 0 rings (SSSR count). The first-order valence-electron chi connectivity index (χ1n) is 1.05. The molecule has 0 aromatic rings. The van der Waals surface area contributed by atoms with E-state index in [1.807, 2.05) is 0 Å². The highest BCUT2D eigenvalue weighted by atomic mass is 16.5. The zero-order valence-electron chi connectivity index (χ0n) is 3.30. The van der Waals surface area contributed by atoms with Crippen molar-refractivity contribution in [3.05, 3.63) is 0 Å². The molecule has 0 heterocycles. The molecule has 6 heavy (non-hydrogen) atoms. The van der Waals surface area contributed by atoms with E-state index in [4.69, 9.17) is 9.59 Å². The Morgan fingerprint density at radius 1 is 1.67 bits per heavy atom. The van der Waals surface area contributed by atoms with Crippen molar-refractivity contribution in [2.75, 3.05) is 7.11 Å². The Morgan fingerprint density at radius 3 is 1.83 bits per heavy atom. The first-order valence-corrected chi connectivity index (χ1v) is 1.05. The van der Waals surface area contributed by atoms with Gasteiger partial charge in [-0.3, -0.25) is 4.79 Å². The average molecular weight is 88.1 g/mol. The normalized spacial score (nSPS) is 4.17. The Hall–Kier alpha value is -0.860. The van der Waals surface area contributed by atoms with Crippen molar-refractivity contribution in [1.82, 2.24) is 0 Å². The largest absolute Gasteiger partial charge is 0.461 e. The molecule has 0 saturated carbocycles. The van der Waals surface area contributed by atoms with Gasteiger partial charge >= 0.3 is 6.47 Å². The van der Waals surface area contributed by atoms with Crippen LogP contribution in [0.15, 0.2) is 0 Å². The van der Waals surface area contributed by atoms with Crippen molar-refractivity contribution in [1.29, 1.82) is 0 Å². The van der Waals surface area contributed by atoms with Crippen molar-refractivity contribution < 1.29 is 14.3 Å². The molecule has 3 nitrogen and oxygen atoms in total. The number of ether oxygens (including phenoxy) is 1. The minimum atomic E-state index is 1.18. The Labute approximate surface area is 35.9 Å². The van der Waals surface area contributed by atoms with Crippen LogP contribution < -0.4 is 0 Å². The lowest BCUT2D eigenvalue weighted by Gasteiger charge is -1.63. The van der Waals surface area contributed by atoms with Gasteiger partial charge in [0.25, 0.3) is 0 Å². The molecule has 0 aromatic heterocycles. The molecule has 0 atom stereocenters. The summed E-state index contributed by atoms with van der Waals surface area (Å²) < 4.78 is 3.74. The number of carbonyl (C=O) groups excluding carboxylic acids is 2. The topological polar surface area (TPSA) is 43.4 Å². The number of methoxy groups -OCH3 is 1. The molecule has 0 N–H and O–H groups in total. The molecule has 0 bridgehead atoms. The summed E-state index contributed by atoms with van der Waals surface area (Å²) in [4.78, 5) is 16.6. The molecule has 34 valence electrons. The SMILES string of the molecule is CO[C]=O.[CH]=O. The zero-order valence-corrected chi connectivity index (χ0v) is 3.30. The molecular weight excluding hydrogens is 84.0 g/mol. The summed E-state index contributed by atoms with van der Waals surface area (Å²) in [6.07, 6.45) is 0. The molecule has 3 heteroatoms. The summed E-state index contributed by atoms with van der Waals surface area (Å²) in [6.45, 7) is 4.43. The summed E-state index contributed by atoms with van der Waals surface area (Å²) in [5.74, 6) is 0. The van der Waals surface area contributed by atoms with Gasteiger partial charge < -0.3 is 4.74 Å². The molecule has 2 radical (unpaired) electrons. The van der Waals surface area contributed by atoms with Crippen molar-refractivity contribution >= 4 is 13.3 Å². The lowest BCUT2D eigenvalue weighted by atomic mass is 11.5. The zero-order chi connectivity index (χ0) is 5.41. The average Bonchev–Trinajstić information content (AvgIpc) is 1.72. The Balaban J connectivity index is 0. The highest BCUT2D eigenvalue weighted by Crippen LogP contribution is 1.35. The van der Waals surface area contributed by atoms with Gasteiger partial charge in [-0.15, -0.1) is 0 Å². The van der Waals surface area contributed by atoms with E-state index in [-0.39, 0.29) is 0 Å². The molecule has 0 fully saturated rings. The van der Waals surface area contributed by atoms with Crippen LogP contribution in [0.3, 0.4) is 0 Å². The van der Waals surface area contributed by atoms with Gasteiger partial charge in [0.15, 0.2) is 6.79 Å². The molecule has 0 aromatic carbocycles. The van der Waals surface area contributed by atoms with Gasteiger partial charge in [0, 0.05) is 0 Å². The summed E-state index contributed by atoms with van der Waals surface area (Å²) >= 11 is 0. The molecule has 0 aliphatic rings. The van der Waals surface area contributed by atoms with Gasteiger partial charge in [-0.05, 0) is 0 Å². The predicted octanol–water partition coefficient (Wildman–Crippen LogP) is -0.574. The van der Waals surface area contributed by atoms with E-state index in [1.54, 1.807) is 0 Å². The van der Waals surface area contributed by atoms with Gasteiger partial charge in [-0.1, -0.05) is 0 Å². The molecule has 0 amide bonds. The maximum Gasteiger partial charge on any atom is 0.417 e. The van der Waals surface area contributed by atoms with Crippen LogP contribution in [-0.4, -0.2) is 20.4 Å². The summed E-state index contributed by atoms with van der Waals surface area (Å²) in [6, 6.07) is 0. The molecule has 0 spiro atoms. The third kappa shape index (κ3) is 734. The van der Waals surface area contributed by atoms with E-state index in [0.29, 0.717) is 0 Å². The lowest BCUT2D eigenvalue weighted by molar-refractivity contribution is 0.353. The number of hydrogen-bond acceptors (Lipinski definition) is 3. The van der Waals surface area contributed by atoms with E-state index >= 15 is 0 Å². The smallest absolute Gasteiger partial charge is 0.417 e. The van der Waals surface area contributed by atoms with Crippen LogP contribution in [0.25, 0.3) is 0 Å². The third-order valence-electron chi connectivity index (χ3n) is 0.0833. The second-order valence-electron chi connectivity index (χ2n) is 0.287. The van der Waals surface area contributed by atoms with E-state index in [9.17, 15) is 0 Å².